The van der Waals surface area contributed by atoms with Crippen LogP contribution in [0.25, 0.3) is 0 Å². The van der Waals surface area contributed by atoms with Crippen molar-refractivity contribution in [2.75, 3.05) is 6.54 Å². The van der Waals surface area contributed by atoms with Crippen LogP contribution in [0, 0.1) is 10.7 Å². The number of rotatable bonds is 6. The van der Waals surface area contributed by atoms with E-state index in [-0.39, 0.29) is 0 Å². The zero-order valence-electron chi connectivity index (χ0n) is 7.92. The van der Waals surface area contributed by atoms with Gasteiger partial charge in [-0.2, -0.15) is 5.26 Å². The molecule has 0 atom stereocenters. The Morgan fingerprint density at radius 2 is 1.58 bits per heavy atom. The van der Waals surface area contributed by atoms with Crippen molar-refractivity contribution in [3.63, 3.8) is 0 Å². The molecule has 0 aromatic heterocycles. The maximum absolute atomic E-state index is 7.18. The van der Waals surface area contributed by atoms with Gasteiger partial charge in [0.05, 0.1) is 0 Å². The summed E-state index contributed by atoms with van der Waals surface area (Å²) in [5.41, 5.74) is 5.34. The summed E-state index contributed by atoms with van der Waals surface area (Å²) in [5.74, 6) is 0. The third-order valence-electron chi connectivity index (χ3n) is 1.56. The lowest BCUT2D eigenvalue weighted by molar-refractivity contribution is 0.612. The number of nitrogens with zero attached hydrogens (tertiary/aromatic N) is 1. The summed E-state index contributed by atoms with van der Waals surface area (Å²) >= 11 is 3.09. The van der Waals surface area contributed by atoms with Crippen molar-refractivity contribution >= 4 is 12.6 Å². The van der Waals surface area contributed by atoms with Gasteiger partial charge < -0.3 is 5.73 Å². The minimum Gasteiger partial charge on any atom is -0.330 e. The van der Waals surface area contributed by atoms with Crippen LogP contribution >= 0.6 is 12.6 Å². The number of thiol groups is 1. The average Bonchev–Trinajstić information content (AvgIpc) is 2.06. The molecule has 12 heavy (non-hydrogen) atoms. The van der Waals surface area contributed by atoms with Crippen LogP contribution in [0.2, 0.25) is 0 Å². The molecule has 2 nitrogen and oxygen atoms in total. The third-order valence-corrected chi connectivity index (χ3v) is 1.56. The third kappa shape index (κ3) is 22.6. The zero-order valence-corrected chi connectivity index (χ0v) is 8.82. The summed E-state index contributed by atoms with van der Waals surface area (Å²) < 4.78 is 0. The lowest BCUT2D eigenvalue weighted by atomic mass is 10.1. The highest BCUT2D eigenvalue weighted by Gasteiger charge is 1.85. The Bertz CT molecular complexity index is 93.2. The van der Waals surface area contributed by atoms with Gasteiger partial charge in [-0.25, -0.2) is 0 Å². The van der Waals surface area contributed by atoms with Crippen LogP contribution in [-0.4, -0.2) is 6.54 Å². The van der Waals surface area contributed by atoms with Crippen molar-refractivity contribution in [1.82, 2.24) is 0 Å². The van der Waals surface area contributed by atoms with Crippen molar-refractivity contribution in [3.05, 3.63) is 0 Å². The molecule has 0 aliphatic heterocycles. The molecule has 0 aromatic rings. The zero-order chi connectivity index (χ0) is 9.66. The maximum Gasteiger partial charge on any atom is 0.130 e. The van der Waals surface area contributed by atoms with Crippen LogP contribution in [-0.2, 0) is 0 Å². The highest BCUT2D eigenvalue weighted by molar-refractivity contribution is 7.85. The molecule has 0 spiro atoms. The van der Waals surface area contributed by atoms with E-state index in [1.807, 2.05) is 0 Å². The van der Waals surface area contributed by atoms with E-state index in [1.54, 1.807) is 0 Å². The van der Waals surface area contributed by atoms with E-state index in [1.165, 1.54) is 43.9 Å². The molecule has 0 saturated heterocycles. The Balaban J connectivity index is 0. The van der Waals surface area contributed by atoms with Crippen molar-refractivity contribution in [1.29, 1.82) is 5.26 Å². The first-order valence-corrected chi connectivity index (χ1v) is 5.01. The molecule has 0 aliphatic rings. The maximum atomic E-state index is 7.18. The highest BCUT2D eigenvalue weighted by atomic mass is 32.1. The van der Waals surface area contributed by atoms with E-state index >= 15 is 0 Å². The predicted octanol–water partition coefficient (Wildman–Crippen LogP) is 2.70. The van der Waals surface area contributed by atoms with Crippen molar-refractivity contribution < 1.29 is 0 Å². The molecular weight excluding hydrogens is 168 g/mol. The summed E-state index contributed by atoms with van der Waals surface area (Å²) in [5, 5.41) is 8.63. The van der Waals surface area contributed by atoms with E-state index in [0.717, 1.165) is 6.54 Å². The normalized spacial score (nSPS) is 8.17. The van der Waals surface area contributed by atoms with E-state index in [9.17, 15) is 0 Å². The smallest absolute Gasteiger partial charge is 0.130 e. The molecule has 0 aliphatic carbocycles. The average molecular weight is 188 g/mol. The van der Waals surface area contributed by atoms with Gasteiger partial charge in [-0.1, -0.05) is 51.7 Å². The monoisotopic (exact) mass is 188 g/mol. The van der Waals surface area contributed by atoms with Gasteiger partial charge >= 0.3 is 0 Å². The first kappa shape index (κ1) is 14.3. The molecule has 0 fully saturated rings. The van der Waals surface area contributed by atoms with Crippen LogP contribution < -0.4 is 5.73 Å². The minimum absolute atomic E-state index is 0.867. The Morgan fingerprint density at radius 1 is 1.17 bits per heavy atom. The van der Waals surface area contributed by atoms with Gasteiger partial charge in [0, 0.05) is 0 Å². The van der Waals surface area contributed by atoms with E-state index in [0.29, 0.717) is 0 Å². The largest absolute Gasteiger partial charge is 0.330 e. The van der Waals surface area contributed by atoms with Crippen LogP contribution in [0.15, 0.2) is 0 Å². The molecule has 0 saturated carbocycles. The summed E-state index contributed by atoms with van der Waals surface area (Å²) in [4.78, 5) is 0. The molecule has 0 radical (unpaired) electrons. The minimum atomic E-state index is 0.867. The molecule has 0 amide bonds. The van der Waals surface area contributed by atoms with Gasteiger partial charge in [0.2, 0.25) is 0 Å². The topological polar surface area (TPSA) is 49.8 Å². The highest BCUT2D eigenvalue weighted by Crippen LogP contribution is 2.03. The molecule has 2 N–H and O–H groups in total. The van der Waals surface area contributed by atoms with Gasteiger partial charge in [-0.15, -0.1) is 0 Å². The van der Waals surface area contributed by atoms with Gasteiger partial charge in [0.1, 0.15) is 5.40 Å². The molecule has 0 rings (SSSR count). The van der Waals surface area contributed by atoms with Gasteiger partial charge in [-0.05, 0) is 13.0 Å². The van der Waals surface area contributed by atoms with Gasteiger partial charge in [-0.3, -0.25) is 0 Å². The van der Waals surface area contributed by atoms with E-state index in [2.05, 4.69) is 19.6 Å². The fourth-order valence-corrected chi connectivity index (χ4v) is 0.925. The molecule has 0 unspecified atom stereocenters. The summed E-state index contributed by atoms with van der Waals surface area (Å²) in [6, 6.07) is 0. The van der Waals surface area contributed by atoms with E-state index in [4.69, 9.17) is 11.0 Å². The number of thiocyanates is 1. The molecule has 0 bridgehead atoms. The standard InChI is InChI=1S/C8H19N.CHNS/c1-2-3-4-5-6-7-8-9;2-1-3/h2-9H2,1H3;3H. The lowest BCUT2D eigenvalue weighted by Crippen LogP contribution is -1.97. The number of hydrogen-bond donors (Lipinski definition) is 2. The Kier molecular flexibility index (Phi) is 20.4. The molecule has 0 aromatic carbocycles. The quantitative estimate of drug-likeness (QED) is 0.382. The Labute approximate surface area is 81.6 Å². The molecule has 3 heteroatoms. The first-order valence-electron chi connectivity index (χ1n) is 4.56. The van der Waals surface area contributed by atoms with Crippen LogP contribution in [0.5, 0.6) is 0 Å². The molecule has 72 valence electrons. The second-order valence-electron chi connectivity index (χ2n) is 2.66. The number of nitriles is 1. The van der Waals surface area contributed by atoms with Gasteiger partial charge in [0.15, 0.2) is 0 Å². The molecule has 0 heterocycles. The van der Waals surface area contributed by atoms with Crippen LogP contribution in [0.4, 0.5) is 0 Å². The summed E-state index contributed by atoms with van der Waals surface area (Å²) in [6.07, 6.45) is 8.05. The SMILES string of the molecule is CCCCCCCCN.N#CS. The van der Waals surface area contributed by atoms with Crippen molar-refractivity contribution in [2.24, 2.45) is 5.73 Å². The van der Waals surface area contributed by atoms with Gasteiger partial charge in [0.25, 0.3) is 0 Å². The second-order valence-corrected chi connectivity index (χ2v) is 2.86. The fourth-order valence-electron chi connectivity index (χ4n) is 0.925. The van der Waals surface area contributed by atoms with Crippen LogP contribution in [0.3, 0.4) is 0 Å². The fraction of sp³-hybridized carbons (Fsp3) is 0.889. The van der Waals surface area contributed by atoms with Crippen LogP contribution in [0.1, 0.15) is 45.4 Å². The Morgan fingerprint density at radius 3 is 2.00 bits per heavy atom. The Hall–Kier alpha value is -0.200. The summed E-state index contributed by atoms with van der Waals surface area (Å²) in [7, 11) is 0. The second kappa shape index (κ2) is 17.0. The first-order chi connectivity index (χ1) is 5.83. The molecular formula is C9H20N2S. The van der Waals surface area contributed by atoms with Crippen molar-refractivity contribution in [3.8, 4) is 5.40 Å². The van der Waals surface area contributed by atoms with E-state index < -0.39 is 0 Å². The number of unbranched alkanes of at least 4 members (excludes halogenated alkanes) is 5. The lowest BCUT2D eigenvalue weighted by Gasteiger charge is -1.96. The summed E-state index contributed by atoms with van der Waals surface area (Å²) in [6.45, 7) is 3.11. The van der Waals surface area contributed by atoms with Crippen molar-refractivity contribution in [2.45, 2.75) is 45.4 Å². The predicted molar refractivity (Wildman–Crippen MR) is 57.0 cm³/mol. The number of hydrogen-bond acceptors (Lipinski definition) is 3. The number of nitrogens with two attached hydrogens (primary N) is 1.